The molecule has 0 amide bonds. The van der Waals surface area contributed by atoms with Gasteiger partial charge in [0.25, 0.3) is 5.56 Å². The zero-order valence-corrected chi connectivity index (χ0v) is 15.1. The van der Waals surface area contributed by atoms with Crippen LogP contribution < -0.4 is 20.7 Å². The number of aromatic nitrogens is 5. The standard InChI is InChI=1S/C19H15N5O5/c25-18-12-8-14-15(28-10-27-14)9-13(12)21-19(26)24(18)7-1-2-16-22-17(23-29-16)11-3-5-20-6-4-11/h3-6,8-9H,1-2,7,10H2,(H,21,26). The summed E-state index contributed by atoms with van der Waals surface area (Å²) >= 11 is 0. The van der Waals surface area contributed by atoms with Gasteiger partial charge in [-0.05, 0) is 24.6 Å². The molecule has 10 heteroatoms. The number of rotatable bonds is 5. The number of nitrogens with zero attached hydrogens (tertiary/aromatic N) is 4. The normalized spacial score (nSPS) is 12.6. The van der Waals surface area contributed by atoms with Crippen molar-refractivity contribution >= 4 is 10.9 Å². The Balaban J connectivity index is 1.35. The Labute approximate surface area is 162 Å². The molecule has 0 aliphatic carbocycles. The van der Waals surface area contributed by atoms with Gasteiger partial charge < -0.3 is 19.0 Å². The van der Waals surface area contributed by atoms with Crippen LogP contribution in [0.1, 0.15) is 12.3 Å². The van der Waals surface area contributed by atoms with E-state index in [1.807, 2.05) is 0 Å². The number of benzene rings is 1. The molecule has 0 fully saturated rings. The van der Waals surface area contributed by atoms with E-state index >= 15 is 0 Å². The molecule has 146 valence electrons. The van der Waals surface area contributed by atoms with Crippen LogP contribution in [0, 0.1) is 0 Å². The van der Waals surface area contributed by atoms with E-state index in [9.17, 15) is 9.59 Å². The van der Waals surface area contributed by atoms with E-state index in [2.05, 4.69) is 20.1 Å². The molecular formula is C19H15N5O5. The van der Waals surface area contributed by atoms with Crippen LogP contribution in [0.2, 0.25) is 0 Å². The van der Waals surface area contributed by atoms with E-state index in [0.29, 0.717) is 47.0 Å². The van der Waals surface area contributed by atoms with Gasteiger partial charge in [0, 0.05) is 37.0 Å². The van der Waals surface area contributed by atoms with Crippen LogP contribution in [0.15, 0.2) is 50.8 Å². The molecule has 1 N–H and O–H groups in total. The molecule has 10 nitrogen and oxygen atoms in total. The molecule has 0 saturated heterocycles. The third kappa shape index (κ3) is 3.14. The van der Waals surface area contributed by atoms with Gasteiger partial charge in [0.15, 0.2) is 11.5 Å². The molecule has 1 aliphatic heterocycles. The van der Waals surface area contributed by atoms with Crippen molar-refractivity contribution in [1.82, 2.24) is 24.7 Å². The first-order valence-electron chi connectivity index (χ1n) is 8.98. The Kier molecular flexibility index (Phi) is 4.08. The minimum atomic E-state index is -0.482. The highest BCUT2D eigenvalue weighted by molar-refractivity contribution is 5.81. The quantitative estimate of drug-likeness (QED) is 0.541. The number of aromatic amines is 1. The fourth-order valence-electron chi connectivity index (χ4n) is 3.21. The van der Waals surface area contributed by atoms with Gasteiger partial charge in [-0.1, -0.05) is 5.16 Å². The van der Waals surface area contributed by atoms with Gasteiger partial charge in [-0.3, -0.25) is 14.3 Å². The van der Waals surface area contributed by atoms with E-state index < -0.39 is 5.69 Å². The SMILES string of the molecule is O=c1[nH]c2cc3c(cc2c(=O)n1CCCc1nc(-c2ccncc2)no1)OCO3. The maximum absolute atomic E-state index is 12.8. The third-order valence-corrected chi connectivity index (χ3v) is 4.65. The molecule has 4 heterocycles. The molecule has 0 atom stereocenters. The van der Waals surface area contributed by atoms with Crippen LogP contribution in [0.25, 0.3) is 22.3 Å². The number of nitrogens with one attached hydrogen (secondary N) is 1. The van der Waals surface area contributed by atoms with Gasteiger partial charge in [0.05, 0.1) is 10.9 Å². The second-order valence-electron chi connectivity index (χ2n) is 6.49. The number of hydrogen-bond acceptors (Lipinski definition) is 8. The molecule has 0 spiro atoms. The Morgan fingerprint density at radius 2 is 1.90 bits per heavy atom. The number of H-pyrrole nitrogens is 1. The van der Waals surface area contributed by atoms with Gasteiger partial charge in [-0.25, -0.2) is 4.79 Å². The highest BCUT2D eigenvalue weighted by atomic mass is 16.7. The molecule has 4 aromatic rings. The van der Waals surface area contributed by atoms with E-state index in [1.54, 1.807) is 36.7 Å². The van der Waals surface area contributed by atoms with Crippen LogP contribution in [0.5, 0.6) is 11.5 Å². The lowest BCUT2D eigenvalue weighted by Gasteiger charge is -2.06. The summed E-state index contributed by atoms with van der Waals surface area (Å²) in [5.74, 6) is 1.90. The topological polar surface area (TPSA) is 125 Å². The highest BCUT2D eigenvalue weighted by Gasteiger charge is 2.17. The molecule has 5 rings (SSSR count). The highest BCUT2D eigenvalue weighted by Crippen LogP contribution is 2.34. The number of aryl methyl sites for hydroxylation is 1. The summed E-state index contributed by atoms with van der Waals surface area (Å²) < 4.78 is 17.0. The van der Waals surface area contributed by atoms with Crippen molar-refractivity contribution in [2.75, 3.05) is 6.79 Å². The van der Waals surface area contributed by atoms with E-state index in [0.717, 1.165) is 10.1 Å². The van der Waals surface area contributed by atoms with Gasteiger partial charge in [0.1, 0.15) is 0 Å². The number of hydrogen-bond donors (Lipinski definition) is 1. The van der Waals surface area contributed by atoms with Gasteiger partial charge >= 0.3 is 5.69 Å². The van der Waals surface area contributed by atoms with Gasteiger partial charge in [-0.15, -0.1) is 0 Å². The predicted molar refractivity (Wildman–Crippen MR) is 101 cm³/mol. The van der Waals surface area contributed by atoms with Crippen molar-refractivity contribution in [1.29, 1.82) is 0 Å². The first kappa shape index (κ1) is 17.2. The van der Waals surface area contributed by atoms with Crippen LogP contribution in [-0.2, 0) is 13.0 Å². The van der Waals surface area contributed by atoms with Crippen molar-refractivity contribution in [3.8, 4) is 22.9 Å². The predicted octanol–water partition coefficient (Wildman–Crippen LogP) is 1.50. The molecule has 29 heavy (non-hydrogen) atoms. The monoisotopic (exact) mass is 393 g/mol. The molecule has 0 unspecified atom stereocenters. The summed E-state index contributed by atoms with van der Waals surface area (Å²) in [5, 5.41) is 4.31. The minimum absolute atomic E-state index is 0.0930. The molecular weight excluding hydrogens is 378 g/mol. The van der Waals surface area contributed by atoms with Crippen molar-refractivity contribution in [2.45, 2.75) is 19.4 Å². The van der Waals surface area contributed by atoms with Gasteiger partial charge in [-0.2, -0.15) is 4.98 Å². The number of fused-ring (bicyclic) bond motifs is 2. The summed E-state index contributed by atoms with van der Waals surface area (Å²) in [6.45, 7) is 0.307. The molecule has 0 saturated carbocycles. The van der Waals surface area contributed by atoms with Crippen LogP contribution in [0.4, 0.5) is 0 Å². The lowest BCUT2D eigenvalue weighted by atomic mass is 10.2. The minimum Gasteiger partial charge on any atom is -0.454 e. The summed E-state index contributed by atoms with van der Waals surface area (Å²) in [7, 11) is 0. The average Bonchev–Trinajstić information content (AvgIpc) is 3.39. The number of pyridine rings is 1. The first-order chi connectivity index (χ1) is 14.2. The maximum Gasteiger partial charge on any atom is 0.328 e. The molecule has 1 aliphatic rings. The van der Waals surface area contributed by atoms with Gasteiger partial charge in [0.2, 0.25) is 18.5 Å². The molecule has 0 radical (unpaired) electrons. The largest absolute Gasteiger partial charge is 0.454 e. The summed E-state index contributed by atoms with van der Waals surface area (Å²) in [6, 6.07) is 6.76. The fourth-order valence-corrected chi connectivity index (χ4v) is 3.21. The van der Waals surface area contributed by atoms with Crippen molar-refractivity contribution in [2.24, 2.45) is 0 Å². The molecule has 0 bridgehead atoms. The maximum atomic E-state index is 12.8. The van der Waals surface area contributed by atoms with Crippen LogP contribution in [-0.4, -0.2) is 31.5 Å². The summed E-state index contributed by atoms with van der Waals surface area (Å²) in [5.41, 5.74) is 0.352. The summed E-state index contributed by atoms with van der Waals surface area (Å²) in [6.07, 6.45) is 4.22. The summed E-state index contributed by atoms with van der Waals surface area (Å²) in [4.78, 5) is 36.1. The second-order valence-corrected chi connectivity index (χ2v) is 6.49. The Hall–Kier alpha value is -3.95. The fraction of sp³-hybridized carbons (Fsp3) is 0.211. The zero-order chi connectivity index (χ0) is 19.8. The van der Waals surface area contributed by atoms with E-state index in [-0.39, 0.29) is 18.9 Å². The number of ether oxygens (including phenoxy) is 2. The van der Waals surface area contributed by atoms with Crippen molar-refractivity contribution in [3.63, 3.8) is 0 Å². The first-order valence-corrected chi connectivity index (χ1v) is 8.98. The molecule has 1 aromatic carbocycles. The van der Waals surface area contributed by atoms with E-state index in [1.165, 1.54) is 0 Å². The zero-order valence-electron chi connectivity index (χ0n) is 15.1. The average molecular weight is 393 g/mol. The second kappa shape index (κ2) is 6.89. The lowest BCUT2D eigenvalue weighted by Crippen LogP contribution is -2.35. The lowest BCUT2D eigenvalue weighted by molar-refractivity contribution is 0.174. The van der Waals surface area contributed by atoms with Crippen LogP contribution in [0.3, 0.4) is 0 Å². The van der Waals surface area contributed by atoms with Crippen molar-refractivity contribution in [3.05, 3.63) is 63.4 Å². The smallest absolute Gasteiger partial charge is 0.328 e. The van der Waals surface area contributed by atoms with E-state index in [4.69, 9.17) is 14.0 Å². The van der Waals surface area contributed by atoms with Crippen molar-refractivity contribution < 1.29 is 14.0 Å². The Morgan fingerprint density at radius 1 is 1.10 bits per heavy atom. The Bertz CT molecular complexity index is 1310. The third-order valence-electron chi connectivity index (χ3n) is 4.65. The molecule has 3 aromatic heterocycles. The van der Waals surface area contributed by atoms with Crippen LogP contribution >= 0.6 is 0 Å². The Morgan fingerprint density at radius 3 is 2.72 bits per heavy atom.